The van der Waals surface area contributed by atoms with E-state index in [1.54, 1.807) is 7.05 Å². The second kappa shape index (κ2) is 9.24. The minimum Gasteiger partial charge on any atom is -0.327 e. The molecule has 0 bridgehead atoms. The fourth-order valence-corrected chi connectivity index (χ4v) is 3.23. The summed E-state index contributed by atoms with van der Waals surface area (Å²) in [7, 11) is -2.06. The van der Waals surface area contributed by atoms with E-state index in [0.29, 0.717) is 24.7 Å². The van der Waals surface area contributed by atoms with Crippen molar-refractivity contribution in [3.05, 3.63) is 42.7 Å². The first kappa shape index (κ1) is 21.5. The van der Waals surface area contributed by atoms with Crippen LogP contribution in [0.25, 0.3) is 11.4 Å². The Kier molecular flexibility index (Phi) is 7.95. The second-order valence-corrected chi connectivity index (χ2v) is 8.18. The van der Waals surface area contributed by atoms with Gasteiger partial charge in [0.2, 0.25) is 10.0 Å². The van der Waals surface area contributed by atoms with Gasteiger partial charge >= 0.3 is 0 Å². The van der Waals surface area contributed by atoms with Crippen molar-refractivity contribution in [3.8, 4) is 11.4 Å². The molecule has 1 unspecified atom stereocenters. The third-order valence-electron chi connectivity index (χ3n) is 4.00. The predicted octanol–water partition coefficient (Wildman–Crippen LogP) is 2.56. The maximum Gasteiger partial charge on any atom is 0.245 e. The van der Waals surface area contributed by atoms with Gasteiger partial charge < -0.3 is 5.73 Å². The SMILES string of the molecule is CC(C)C(N)CCN(C)S(=O)(=O)c1cnc(-c2ccccc2)nc1.Cl. The minimum absolute atomic E-state index is 0. The topological polar surface area (TPSA) is 89.2 Å². The first-order valence-corrected chi connectivity index (χ1v) is 9.35. The van der Waals surface area contributed by atoms with Gasteiger partial charge in [-0.1, -0.05) is 44.2 Å². The quantitative estimate of drug-likeness (QED) is 0.792. The van der Waals surface area contributed by atoms with E-state index in [2.05, 4.69) is 9.97 Å². The first-order chi connectivity index (χ1) is 11.3. The molecular formula is C17H25ClN4O2S. The summed E-state index contributed by atoms with van der Waals surface area (Å²) >= 11 is 0. The molecule has 0 fully saturated rings. The number of hydrogen-bond donors (Lipinski definition) is 1. The zero-order chi connectivity index (χ0) is 17.7. The summed E-state index contributed by atoms with van der Waals surface area (Å²) in [4.78, 5) is 8.44. The van der Waals surface area contributed by atoms with Gasteiger partial charge in [-0.2, -0.15) is 0 Å². The summed E-state index contributed by atoms with van der Waals surface area (Å²) < 4.78 is 26.4. The van der Waals surface area contributed by atoms with Gasteiger partial charge in [0.25, 0.3) is 0 Å². The lowest BCUT2D eigenvalue weighted by atomic mass is 10.0. The fourth-order valence-electron chi connectivity index (χ4n) is 2.15. The van der Waals surface area contributed by atoms with Gasteiger partial charge in [0.05, 0.1) is 12.4 Å². The molecule has 6 nitrogen and oxygen atoms in total. The van der Waals surface area contributed by atoms with Crippen LogP contribution in [0, 0.1) is 5.92 Å². The first-order valence-electron chi connectivity index (χ1n) is 7.91. The predicted molar refractivity (Wildman–Crippen MR) is 102 cm³/mol. The minimum atomic E-state index is -3.61. The molecule has 0 aliphatic rings. The van der Waals surface area contributed by atoms with E-state index in [1.165, 1.54) is 16.7 Å². The molecule has 1 atom stereocenters. The van der Waals surface area contributed by atoms with Gasteiger partial charge in [-0.3, -0.25) is 0 Å². The zero-order valence-corrected chi connectivity index (χ0v) is 16.3. The Balaban J connectivity index is 0.00000312. The van der Waals surface area contributed by atoms with Crippen LogP contribution >= 0.6 is 12.4 Å². The van der Waals surface area contributed by atoms with Crippen molar-refractivity contribution in [2.45, 2.75) is 31.2 Å². The molecule has 2 N–H and O–H groups in total. The van der Waals surface area contributed by atoms with Crippen LogP contribution in [-0.2, 0) is 10.0 Å². The normalized spacial score (nSPS) is 12.9. The highest BCUT2D eigenvalue weighted by atomic mass is 35.5. The van der Waals surface area contributed by atoms with Gasteiger partial charge in [-0.15, -0.1) is 12.4 Å². The van der Waals surface area contributed by atoms with Gasteiger partial charge in [-0.05, 0) is 12.3 Å². The Morgan fingerprint density at radius 3 is 2.20 bits per heavy atom. The molecule has 0 aliphatic heterocycles. The van der Waals surface area contributed by atoms with Gasteiger partial charge in [0.15, 0.2) is 5.82 Å². The molecule has 0 saturated carbocycles. The third kappa shape index (κ3) is 5.47. The van der Waals surface area contributed by atoms with E-state index in [0.717, 1.165) is 5.56 Å². The fraction of sp³-hybridized carbons (Fsp3) is 0.412. The molecule has 25 heavy (non-hydrogen) atoms. The lowest BCUT2D eigenvalue weighted by Crippen LogP contribution is -2.34. The Hall–Kier alpha value is -1.54. The summed E-state index contributed by atoms with van der Waals surface area (Å²) in [6.45, 7) is 4.41. The molecule has 0 aliphatic carbocycles. The van der Waals surface area contributed by atoms with Crippen molar-refractivity contribution < 1.29 is 8.42 Å². The summed E-state index contributed by atoms with van der Waals surface area (Å²) in [6.07, 6.45) is 3.31. The molecule has 0 saturated heterocycles. The van der Waals surface area contributed by atoms with E-state index >= 15 is 0 Å². The van der Waals surface area contributed by atoms with Crippen molar-refractivity contribution in [3.63, 3.8) is 0 Å². The zero-order valence-electron chi connectivity index (χ0n) is 14.7. The Morgan fingerprint density at radius 1 is 1.12 bits per heavy atom. The number of benzene rings is 1. The maximum atomic E-state index is 12.6. The molecule has 8 heteroatoms. The van der Waals surface area contributed by atoms with Crippen LogP contribution in [0.4, 0.5) is 0 Å². The number of rotatable bonds is 7. The molecule has 2 rings (SSSR count). The van der Waals surface area contributed by atoms with Crippen LogP contribution in [0.15, 0.2) is 47.6 Å². The second-order valence-electron chi connectivity index (χ2n) is 6.13. The molecular weight excluding hydrogens is 360 g/mol. The monoisotopic (exact) mass is 384 g/mol. The largest absolute Gasteiger partial charge is 0.327 e. The van der Waals surface area contributed by atoms with E-state index in [-0.39, 0.29) is 23.3 Å². The highest BCUT2D eigenvalue weighted by Gasteiger charge is 2.22. The number of aromatic nitrogens is 2. The van der Waals surface area contributed by atoms with Gasteiger partial charge in [-0.25, -0.2) is 22.7 Å². The van der Waals surface area contributed by atoms with Crippen molar-refractivity contribution in [2.75, 3.05) is 13.6 Å². The Bertz CT molecular complexity index is 752. The summed E-state index contributed by atoms with van der Waals surface area (Å²) in [5.74, 6) is 0.814. The van der Waals surface area contributed by atoms with Gasteiger partial charge in [0, 0.05) is 25.2 Å². The van der Waals surface area contributed by atoms with E-state index < -0.39 is 10.0 Å². The van der Waals surface area contributed by atoms with Crippen LogP contribution in [0.2, 0.25) is 0 Å². The lowest BCUT2D eigenvalue weighted by Gasteiger charge is -2.21. The molecule has 1 aromatic carbocycles. The lowest BCUT2D eigenvalue weighted by molar-refractivity contribution is 0.397. The molecule has 2 aromatic rings. The summed E-state index contributed by atoms with van der Waals surface area (Å²) in [6, 6.07) is 9.40. The average Bonchev–Trinajstić information content (AvgIpc) is 2.60. The number of nitrogens with zero attached hydrogens (tertiary/aromatic N) is 3. The summed E-state index contributed by atoms with van der Waals surface area (Å²) in [5.41, 5.74) is 6.83. The maximum absolute atomic E-state index is 12.6. The number of hydrogen-bond acceptors (Lipinski definition) is 5. The molecule has 138 valence electrons. The highest BCUT2D eigenvalue weighted by molar-refractivity contribution is 7.89. The van der Waals surface area contributed by atoms with Crippen LogP contribution in [-0.4, -0.2) is 42.3 Å². The molecule has 0 spiro atoms. The van der Waals surface area contributed by atoms with Gasteiger partial charge in [0.1, 0.15) is 4.90 Å². The van der Waals surface area contributed by atoms with E-state index in [1.807, 2.05) is 44.2 Å². The van der Waals surface area contributed by atoms with Crippen LogP contribution in [0.1, 0.15) is 20.3 Å². The molecule has 1 aromatic heterocycles. The average molecular weight is 385 g/mol. The molecule has 0 radical (unpaired) electrons. The smallest absolute Gasteiger partial charge is 0.245 e. The van der Waals surface area contributed by atoms with Crippen molar-refractivity contribution in [2.24, 2.45) is 11.7 Å². The Morgan fingerprint density at radius 2 is 1.68 bits per heavy atom. The van der Waals surface area contributed by atoms with Crippen molar-refractivity contribution in [1.29, 1.82) is 0 Å². The number of halogens is 1. The standard InChI is InChI=1S/C17H24N4O2S.ClH/c1-13(2)16(18)9-10-21(3)24(22,23)15-11-19-17(20-12-15)14-7-5-4-6-8-14;/h4-8,11-13,16H,9-10,18H2,1-3H3;1H. The van der Waals surface area contributed by atoms with Crippen LogP contribution < -0.4 is 5.73 Å². The number of nitrogens with two attached hydrogens (primary N) is 1. The van der Waals surface area contributed by atoms with E-state index in [4.69, 9.17) is 5.73 Å². The van der Waals surface area contributed by atoms with Crippen LogP contribution in [0.3, 0.4) is 0 Å². The van der Waals surface area contributed by atoms with Crippen LogP contribution in [0.5, 0.6) is 0 Å². The third-order valence-corrected chi connectivity index (χ3v) is 5.81. The van der Waals surface area contributed by atoms with Crippen molar-refractivity contribution >= 4 is 22.4 Å². The summed E-state index contributed by atoms with van der Waals surface area (Å²) in [5, 5.41) is 0. The molecule has 0 amide bonds. The molecule has 1 heterocycles. The number of sulfonamides is 1. The van der Waals surface area contributed by atoms with Crippen molar-refractivity contribution in [1.82, 2.24) is 14.3 Å². The Labute approximate surface area is 155 Å². The van der Waals surface area contributed by atoms with E-state index in [9.17, 15) is 8.42 Å². The highest BCUT2D eigenvalue weighted by Crippen LogP contribution is 2.17.